The molecule has 1 amide bonds. The molecule has 0 saturated carbocycles. The highest BCUT2D eigenvalue weighted by atomic mass is 16.5. The third-order valence-electron chi connectivity index (χ3n) is 5.09. The number of morpholine rings is 1. The van der Waals surface area contributed by atoms with E-state index in [1.54, 1.807) is 18.2 Å². The van der Waals surface area contributed by atoms with Gasteiger partial charge in [0.25, 0.3) is 5.91 Å². The Morgan fingerprint density at radius 2 is 1.75 bits per heavy atom. The molecule has 0 bridgehead atoms. The average Bonchev–Trinajstić information content (AvgIpc) is 2.74. The van der Waals surface area contributed by atoms with Crippen molar-refractivity contribution in [1.29, 1.82) is 0 Å². The van der Waals surface area contributed by atoms with Crippen LogP contribution < -0.4 is 15.8 Å². The van der Waals surface area contributed by atoms with Gasteiger partial charge in [0, 0.05) is 5.39 Å². The van der Waals surface area contributed by atoms with Gasteiger partial charge in [-0.3, -0.25) is 4.79 Å². The molecule has 1 aliphatic rings. The Morgan fingerprint density at radius 1 is 1.04 bits per heavy atom. The minimum atomic E-state index is -0.623. The zero-order valence-electron chi connectivity index (χ0n) is 15.5. The van der Waals surface area contributed by atoms with Crippen molar-refractivity contribution >= 4 is 16.9 Å². The molecule has 0 spiro atoms. The number of benzene rings is 2. The monoisotopic (exact) mass is 379 g/mol. The number of nitrogens with one attached hydrogen (secondary N) is 2. The molecule has 2 heterocycles. The van der Waals surface area contributed by atoms with E-state index in [0.717, 1.165) is 43.8 Å². The van der Waals surface area contributed by atoms with Gasteiger partial charge in [-0.15, -0.1) is 0 Å². The molecule has 6 heteroatoms. The minimum Gasteiger partial charge on any atom is -0.422 e. The molecule has 28 heavy (non-hydrogen) atoms. The van der Waals surface area contributed by atoms with Crippen molar-refractivity contribution in [3.63, 3.8) is 0 Å². The molecule has 2 N–H and O–H groups in total. The van der Waals surface area contributed by atoms with E-state index < -0.39 is 11.5 Å². The van der Waals surface area contributed by atoms with E-state index >= 15 is 0 Å². The quantitative estimate of drug-likeness (QED) is 0.653. The Bertz CT molecular complexity index is 1010. The van der Waals surface area contributed by atoms with Crippen LogP contribution in [0.2, 0.25) is 0 Å². The lowest BCUT2D eigenvalue weighted by Crippen LogP contribution is -3.14. The lowest BCUT2D eigenvalue weighted by molar-refractivity contribution is -0.909. The fourth-order valence-corrected chi connectivity index (χ4v) is 3.55. The zero-order chi connectivity index (χ0) is 19.3. The summed E-state index contributed by atoms with van der Waals surface area (Å²) in [6.07, 6.45) is 0. The molecule has 1 atom stereocenters. The number of carbonyl (C=O) groups excluding carboxylic acids is 1. The summed E-state index contributed by atoms with van der Waals surface area (Å²) in [6, 6.07) is 18.4. The van der Waals surface area contributed by atoms with Crippen LogP contribution in [0, 0.1) is 0 Å². The fourth-order valence-electron chi connectivity index (χ4n) is 3.55. The number of hydrogen-bond acceptors (Lipinski definition) is 4. The van der Waals surface area contributed by atoms with E-state index in [1.807, 2.05) is 42.5 Å². The molecule has 1 aliphatic heterocycles. The lowest BCUT2D eigenvalue weighted by Gasteiger charge is -2.28. The van der Waals surface area contributed by atoms with E-state index in [9.17, 15) is 9.59 Å². The first-order valence-electron chi connectivity index (χ1n) is 9.51. The minimum absolute atomic E-state index is 0.0246. The van der Waals surface area contributed by atoms with Crippen molar-refractivity contribution < 1.29 is 18.8 Å². The molecule has 0 unspecified atom stereocenters. The average molecular weight is 379 g/mol. The van der Waals surface area contributed by atoms with Gasteiger partial charge in [-0.05, 0) is 17.7 Å². The topological polar surface area (TPSA) is 73.0 Å². The van der Waals surface area contributed by atoms with E-state index in [1.165, 1.54) is 4.90 Å². The van der Waals surface area contributed by atoms with Crippen molar-refractivity contribution in [3.05, 3.63) is 82.2 Å². The molecule has 1 saturated heterocycles. The van der Waals surface area contributed by atoms with Crippen molar-refractivity contribution in [2.24, 2.45) is 0 Å². The van der Waals surface area contributed by atoms with Gasteiger partial charge < -0.3 is 19.4 Å². The largest absolute Gasteiger partial charge is 0.422 e. The number of para-hydroxylation sites is 1. The predicted octanol–water partition coefficient (Wildman–Crippen LogP) is 1.18. The van der Waals surface area contributed by atoms with Crippen LogP contribution in [0.15, 0.2) is 69.9 Å². The van der Waals surface area contributed by atoms with Gasteiger partial charge in [-0.1, -0.05) is 48.5 Å². The summed E-state index contributed by atoms with van der Waals surface area (Å²) < 4.78 is 10.7. The molecule has 1 fully saturated rings. The fraction of sp³-hybridized carbons (Fsp3) is 0.273. The van der Waals surface area contributed by atoms with Gasteiger partial charge in [0.1, 0.15) is 36.8 Å². The summed E-state index contributed by atoms with van der Waals surface area (Å²) in [4.78, 5) is 26.6. The number of hydrogen-bond donors (Lipinski definition) is 2. The summed E-state index contributed by atoms with van der Waals surface area (Å²) in [5.41, 5.74) is 0.889. The Hall–Kier alpha value is -2.96. The highest BCUT2D eigenvalue weighted by molar-refractivity contribution is 5.96. The summed E-state index contributed by atoms with van der Waals surface area (Å²) in [5, 5.41) is 3.77. The van der Waals surface area contributed by atoms with Gasteiger partial charge in [-0.2, -0.15) is 0 Å². The summed E-state index contributed by atoms with van der Waals surface area (Å²) in [5.74, 6) is -0.416. The third-order valence-corrected chi connectivity index (χ3v) is 5.09. The first-order valence-corrected chi connectivity index (χ1v) is 9.51. The molecule has 4 rings (SSSR count). The number of carbonyl (C=O) groups is 1. The van der Waals surface area contributed by atoms with E-state index in [-0.39, 0.29) is 11.6 Å². The lowest BCUT2D eigenvalue weighted by atomic mass is 10.1. The molecule has 0 radical (unpaired) electrons. The number of rotatable bonds is 5. The maximum Gasteiger partial charge on any atom is 0.349 e. The molecular formula is C22H23N2O4+. The van der Waals surface area contributed by atoms with E-state index in [0.29, 0.717) is 5.58 Å². The van der Waals surface area contributed by atoms with Gasteiger partial charge in [0.2, 0.25) is 0 Å². The predicted molar refractivity (Wildman–Crippen MR) is 106 cm³/mol. The number of amides is 1. The molecule has 6 nitrogen and oxygen atoms in total. The molecular weight excluding hydrogens is 356 g/mol. The van der Waals surface area contributed by atoms with Crippen LogP contribution in [-0.2, 0) is 4.74 Å². The Labute approximate surface area is 162 Å². The highest BCUT2D eigenvalue weighted by Gasteiger charge is 2.24. The van der Waals surface area contributed by atoms with Crippen LogP contribution >= 0.6 is 0 Å². The van der Waals surface area contributed by atoms with Gasteiger partial charge >= 0.3 is 5.63 Å². The van der Waals surface area contributed by atoms with Crippen molar-refractivity contribution in [1.82, 2.24) is 5.32 Å². The van der Waals surface area contributed by atoms with E-state index in [4.69, 9.17) is 9.15 Å². The molecule has 0 aliphatic carbocycles. The molecule has 2 aromatic carbocycles. The smallest absolute Gasteiger partial charge is 0.349 e. The molecule has 144 valence electrons. The van der Waals surface area contributed by atoms with Crippen LogP contribution in [0.1, 0.15) is 22.0 Å². The van der Waals surface area contributed by atoms with Crippen LogP contribution in [0.3, 0.4) is 0 Å². The maximum absolute atomic E-state index is 12.9. The van der Waals surface area contributed by atoms with E-state index in [2.05, 4.69) is 5.32 Å². The van der Waals surface area contributed by atoms with Crippen molar-refractivity contribution in [3.8, 4) is 0 Å². The number of quaternary nitrogens is 1. The molecule has 3 aromatic rings. The summed E-state index contributed by atoms with van der Waals surface area (Å²) >= 11 is 0. The zero-order valence-corrected chi connectivity index (χ0v) is 15.5. The van der Waals surface area contributed by atoms with Crippen molar-refractivity contribution in [2.45, 2.75) is 6.04 Å². The van der Waals surface area contributed by atoms with Crippen LogP contribution in [0.4, 0.5) is 0 Å². The van der Waals surface area contributed by atoms with Crippen LogP contribution in [-0.4, -0.2) is 38.8 Å². The number of ether oxygens (including phenoxy) is 1. The van der Waals surface area contributed by atoms with Gasteiger partial charge in [-0.25, -0.2) is 4.79 Å². The van der Waals surface area contributed by atoms with Gasteiger partial charge in [0.05, 0.1) is 13.2 Å². The second-order valence-corrected chi connectivity index (χ2v) is 6.99. The Morgan fingerprint density at radius 3 is 2.54 bits per heavy atom. The third kappa shape index (κ3) is 4.13. The van der Waals surface area contributed by atoms with Gasteiger partial charge in [0.15, 0.2) is 0 Å². The second kappa shape index (κ2) is 8.37. The number of fused-ring (bicyclic) bond motifs is 1. The first-order chi connectivity index (χ1) is 13.7. The Kier molecular flexibility index (Phi) is 5.50. The standard InChI is InChI=1S/C22H22N2O4/c25-21(18-14-17-8-4-5-9-20(17)28-22(18)26)23-19(16-6-2-1-3-7-16)15-24-10-12-27-13-11-24/h1-9,14,19H,10-13,15H2,(H,23,25)/p+1/t19-/m1/s1. The Balaban J connectivity index is 1.59. The van der Waals surface area contributed by atoms with Crippen LogP contribution in [0.25, 0.3) is 11.0 Å². The summed E-state index contributed by atoms with van der Waals surface area (Å²) in [7, 11) is 0. The SMILES string of the molecule is O=C(N[C@H](C[NH+]1CCOCC1)c1ccccc1)c1cc2ccccc2oc1=O. The molecule has 1 aromatic heterocycles. The van der Waals surface area contributed by atoms with Crippen LogP contribution in [0.5, 0.6) is 0 Å². The first kappa shape index (κ1) is 18.4. The normalized spacial score (nSPS) is 16.0. The maximum atomic E-state index is 12.9. The summed E-state index contributed by atoms with van der Waals surface area (Å²) in [6.45, 7) is 3.98. The highest BCUT2D eigenvalue weighted by Crippen LogP contribution is 2.15. The second-order valence-electron chi connectivity index (χ2n) is 6.99. The van der Waals surface area contributed by atoms with Crippen molar-refractivity contribution in [2.75, 3.05) is 32.8 Å².